The number of thiophene rings is 1. The predicted octanol–water partition coefficient (Wildman–Crippen LogP) is 4.43. The Labute approximate surface area is 165 Å². The van der Waals surface area contributed by atoms with E-state index in [9.17, 15) is 9.59 Å². The second-order valence-corrected chi connectivity index (χ2v) is 7.50. The van der Waals surface area contributed by atoms with Crippen LogP contribution in [-0.2, 0) is 6.54 Å². The molecule has 0 radical (unpaired) electrons. The van der Waals surface area contributed by atoms with Gasteiger partial charge in [-0.1, -0.05) is 25.8 Å². The van der Waals surface area contributed by atoms with Crippen molar-refractivity contribution in [3.8, 4) is 16.5 Å². The first-order chi connectivity index (χ1) is 13.6. The van der Waals surface area contributed by atoms with Gasteiger partial charge in [0.1, 0.15) is 11.3 Å². The summed E-state index contributed by atoms with van der Waals surface area (Å²) in [6.07, 6.45) is 2.89. The third-order valence-electron chi connectivity index (χ3n) is 4.73. The third-order valence-corrected chi connectivity index (χ3v) is 5.60. The van der Waals surface area contributed by atoms with Crippen LogP contribution in [0.25, 0.3) is 32.8 Å². The molecule has 1 aromatic carbocycles. The van der Waals surface area contributed by atoms with E-state index < -0.39 is 0 Å². The van der Waals surface area contributed by atoms with Crippen molar-refractivity contribution in [1.82, 2.24) is 9.55 Å². The van der Waals surface area contributed by atoms with Gasteiger partial charge >= 0.3 is 0 Å². The van der Waals surface area contributed by atoms with Crippen molar-refractivity contribution >= 4 is 33.4 Å². The summed E-state index contributed by atoms with van der Waals surface area (Å²) in [5.74, 6) is 1.11. The highest BCUT2D eigenvalue weighted by atomic mass is 32.1. The van der Waals surface area contributed by atoms with Crippen molar-refractivity contribution in [2.24, 2.45) is 0 Å². The Kier molecular flexibility index (Phi) is 5.00. The van der Waals surface area contributed by atoms with Gasteiger partial charge in [0.15, 0.2) is 11.2 Å². The first kappa shape index (κ1) is 18.4. The molecule has 0 aliphatic heterocycles. The lowest BCUT2D eigenvalue weighted by molar-refractivity contribution is 0.414. The maximum Gasteiger partial charge on any atom is 0.269 e. The van der Waals surface area contributed by atoms with E-state index in [2.05, 4.69) is 11.9 Å². The Morgan fingerprint density at radius 1 is 1.21 bits per heavy atom. The molecular formula is C21H20N2O4S. The summed E-state index contributed by atoms with van der Waals surface area (Å²) in [4.78, 5) is 31.8. The lowest BCUT2D eigenvalue weighted by atomic mass is 10.2. The lowest BCUT2D eigenvalue weighted by Crippen LogP contribution is -2.27. The van der Waals surface area contributed by atoms with E-state index in [0.29, 0.717) is 29.1 Å². The molecule has 0 saturated carbocycles. The molecule has 0 N–H and O–H groups in total. The Morgan fingerprint density at radius 3 is 2.79 bits per heavy atom. The van der Waals surface area contributed by atoms with Gasteiger partial charge in [-0.3, -0.25) is 14.2 Å². The highest BCUT2D eigenvalue weighted by molar-refractivity contribution is 7.13. The van der Waals surface area contributed by atoms with Gasteiger partial charge < -0.3 is 9.15 Å². The number of aromatic nitrogens is 2. The van der Waals surface area contributed by atoms with E-state index >= 15 is 0 Å². The van der Waals surface area contributed by atoms with Crippen LogP contribution in [0.4, 0.5) is 0 Å². The van der Waals surface area contributed by atoms with Crippen molar-refractivity contribution in [2.45, 2.75) is 32.7 Å². The molecule has 144 valence electrons. The summed E-state index contributed by atoms with van der Waals surface area (Å²) < 4.78 is 12.7. The highest BCUT2D eigenvalue weighted by Crippen LogP contribution is 2.26. The molecule has 3 heterocycles. The van der Waals surface area contributed by atoms with Crippen LogP contribution in [0.1, 0.15) is 26.2 Å². The smallest absolute Gasteiger partial charge is 0.269 e. The van der Waals surface area contributed by atoms with Crippen LogP contribution >= 0.6 is 11.3 Å². The summed E-state index contributed by atoms with van der Waals surface area (Å²) in [7, 11) is 1.54. The van der Waals surface area contributed by atoms with Crippen LogP contribution in [0.3, 0.4) is 0 Å². The minimum Gasteiger partial charge on any atom is -0.497 e. The number of fused-ring (bicyclic) bond motifs is 2. The number of benzene rings is 1. The molecule has 0 amide bonds. The first-order valence-corrected chi connectivity index (χ1v) is 10.1. The maximum absolute atomic E-state index is 13.3. The molecule has 0 bridgehead atoms. The number of ether oxygens (including phenoxy) is 1. The van der Waals surface area contributed by atoms with Gasteiger partial charge in [-0.2, -0.15) is 4.98 Å². The Balaban J connectivity index is 2.04. The number of hydrogen-bond acceptors (Lipinski definition) is 6. The van der Waals surface area contributed by atoms with Crippen molar-refractivity contribution in [3.05, 3.63) is 56.3 Å². The maximum atomic E-state index is 13.3. The van der Waals surface area contributed by atoms with Crippen LogP contribution in [0.15, 0.2) is 49.7 Å². The average molecular weight is 396 g/mol. The molecule has 0 aliphatic rings. The summed E-state index contributed by atoms with van der Waals surface area (Å²) in [5, 5.41) is 2.27. The molecular weight excluding hydrogens is 376 g/mol. The zero-order valence-electron chi connectivity index (χ0n) is 15.7. The van der Waals surface area contributed by atoms with Crippen molar-refractivity contribution in [3.63, 3.8) is 0 Å². The molecule has 4 aromatic rings. The number of unbranched alkanes of at least 4 members (excludes halogenated alkanes) is 2. The predicted molar refractivity (Wildman–Crippen MR) is 111 cm³/mol. The van der Waals surface area contributed by atoms with Gasteiger partial charge in [0.25, 0.3) is 5.56 Å². The van der Waals surface area contributed by atoms with Crippen LogP contribution in [-0.4, -0.2) is 16.7 Å². The molecule has 7 heteroatoms. The van der Waals surface area contributed by atoms with E-state index in [1.165, 1.54) is 11.3 Å². The third kappa shape index (κ3) is 3.11. The number of methoxy groups -OCH3 is 1. The Bertz CT molecular complexity index is 1260. The quantitative estimate of drug-likeness (QED) is 0.356. The second-order valence-electron chi connectivity index (χ2n) is 6.55. The van der Waals surface area contributed by atoms with Gasteiger partial charge in [0.05, 0.1) is 17.4 Å². The van der Waals surface area contributed by atoms with Gasteiger partial charge in [0.2, 0.25) is 11.1 Å². The fraction of sp³-hybridized carbons (Fsp3) is 0.286. The average Bonchev–Trinajstić information content (AvgIpc) is 3.23. The monoisotopic (exact) mass is 396 g/mol. The molecule has 0 fully saturated rings. The van der Waals surface area contributed by atoms with Crippen molar-refractivity contribution in [2.75, 3.05) is 7.11 Å². The molecule has 0 saturated heterocycles. The minimum absolute atomic E-state index is 0.00512. The highest BCUT2D eigenvalue weighted by Gasteiger charge is 2.19. The van der Waals surface area contributed by atoms with E-state index in [1.807, 2.05) is 17.5 Å². The summed E-state index contributed by atoms with van der Waals surface area (Å²) >= 11 is 1.50. The SMILES string of the molecule is CCCCCn1c(-c2cccs2)nc2oc3cc(OC)ccc3c(=O)c2c1=O. The first-order valence-electron chi connectivity index (χ1n) is 9.23. The van der Waals surface area contributed by atoms with Gasteiger partial charge in [-0.05, 0) is 30.0 Å². The van der Waals surface area contributed by atoms with Gasteiger partial charge in [-0.15, -0.1) is 11.3 Å². The number of nitrogens with zero attached hydrogens (tertiary/aromatic N) is 2. The molecule has 0 unspecified atom stereocenters. The molecule has 4 rings (SSSR count). The lowest BCUT2D eigenvalue weighted by Gasteiger charge is -2.12. The summed E-state index contributed by atoms with van der Waals surface area (Å²) in [5.41, 5.74) is -0.301. The summed E-state index contributed by atoms with van der Waals surface area (Å²) in [6, 6.07) is 8.76. The van der Waals surface area contributed by atoms with Crippen LogP contribution < -0.4 is 15.7 Å². The molecule has 6 nitrogen and oxygen atoms in total. The minimum atomic E-state index is -0.363. The number of rotatable bonds is 6. The van der Waals surface area contributed by atoms with E-state index in [0.717, 1.165) is 24.1 Å². The van der Waals surface area contributed by atoms with Gasteiger partial charge in [-0.25, -0.2) is 0 Å². The zero-order chi connectivity index (χ0) is 19.7. The topological polar surface area (TPSA) is 74.3 Å². The molecule has 0 atom stereocenters. The van der Waals surface area contributed by atoms with Crippen molar-refractivity contribution in [1.29, 1.82) is 0 Å². The van der Waals surface area contributed by atoms with Crippen molar-refractivity contribution < 1.29 is 9.15 Å². The fourth-order valence-electron chi connectivity index (χ4n) is 3.26. The largest absolute Gasteiger partial charge is 0.497 e. The molecule has 3 aromatic heterocycles. The molecule has 0 aliphatic carbocycles. The van der Waals surface area contributed by atoms with Crippen LogP contribution in [0.2, 0.25) is 0 Å². The molecule has 28 heavy (non-hydrogen) atoms. The molecule has 0 spiro atoms. The van der Waals surface area contributed by atoms with Crippen LogP contribution in [0.5, 0.6) is 5.75 Å². The zero-order valence-corrected chi connectivity index (χ0v) is 16.5. The fourth-order valence-corrected chi connectivity index (χ4v) is 3.99. The van der Waals surface area contributed by atoms with Gasteiger partial charge in [0, 0.05) is 12.6 Å². The standard InChI is InChI=1S/C21H20N2O4S/c1-3-4-5-10-23-19(16-7-6-11-28-16)22-20-17(21(23)25)18(24)14-9-8-13(26-2)12-15(14)27-20/h6-9,11-12H,3-5,10H2,1-2H3. The Hall–Kier alpha value is -2.93. The second kappa shape index (κ2) is 7.59. The Morgan fingerprint density at radius 2 is 2.07 bits per heavy atom. The van der Waals surface area contributed by atoms with E-state index in [-0.39, 0.29) is 22.1 Å². The van der Waals surface area contributed by atoms with Crippen LogP contribution in [0, 0.1) is 0 Å². The van der Waals surface area contributed by atoms with E-state index in [4.69, 9.17) is 9.15 Å². The normalized spacial score (nSPS) is 11.4. The number of hydrogen-bond donors (Lipinski definition) is 0. The summed E-state index contributed by atoms with van der Waals surface area (Å²) in [6.45, 7) is 2.62. The van der Waals surface area contributed by atoms with E-state index in [1.54, 1.807) is 29.9 Å².